The van der Waals surface area contributed by atoms with Crippen LogP contribution in [0.4, 0.5) is 5.69 Å². The van der Waals surface area contributed by atoms with Crippen molar-refractivity contribution in [2.24, 2.45) is 4.99 Å². The van der Waals surface area contributed by atoms with E-state index in [-0.39, 0.29) is 5.69 Å². The van der Waals surface area contributed by atoms with Crippen LogP contribution in [0.3, 0.4) is 0 Å². The average Bonchev–Trinajstić information content (AvgIpc) is 2.67. The Labute approximate surface area is 159 Å². The fourth-order valence-corrected chi connectivity index (χ4v) is 2.48. The molecule has 0 amide bonds. The van der Waals surface area contributed by atoms with Gasteiger partial charge in [0.2, 0.25) is 0 Å². The predicted molar refractivity (Wildman–Crippen MR) is 107 cm³/mol. The Morgan fingerprint density at radius 3 is 2.48 bits per heavy atom. The summed E-state index contributed by atoms with van der Waals surface area (Å²) in [5, 5.41) is 17.2. The average molecular weight is 370 g/mol. The molecule has 0 aliphatic carbocycles. The molecule has 0 atom stereocenters. The first kappa shape index (κ1) is 20.2. The van der Waals surface area contributed by atoms with Gasteiger partial charge in [-0.25, -0.2) is 0 Å². The molecule has 7 nitrogen and oxygen atoms in total. The molecule has 0 fully saturated rings. The molecule has 0 heterocycles. The minimum Gasteiger partial charge on any atom is -0.493 e. The number of nitro groups is 1. The summed E-state index contributed by atoms with van der Waals surface area (Å²) in [6.07, 6.45) is 0.958. The number of aryl methyl sites for hydroxylation is 1. The third kappa shape index (κ3) is 6.29. The first-order valence-electron chi connectivity index (χ1n) is 8.93. The lowest BCUT2D eigenvalue weighted by molar-refractivity contribution is -0.384. The Hall–Kier alpha value is -3.09. The molecule has 7 heteroatoms. The van der Waals surface area contributed by atoms with Crippen molar-refractivity contribution in [2.75, 3.05) is 13.7 Å². The van der Waals surface area contributed by atoms with E-state index in [0.29, 0.717) is 25.7 Å². The second kappa shape index (κ2) is 10.2. The zero-order valence-electron chi connectivity index (χ0n) is 16.0. The smallest absolute Gasteiger partial charge is 0.269 e. The van der Waals surface area contributed by atoms with Gasteiger partial charge < -0.3 is 15.4 Å². The molecular formula is C20H26N4O3. The first-order chi connectivity index (χ1) is 13.0. The van der Waals surface area contributed by atoms with Gasteiger partial charge in [0.1, 0.15) is 5.75 Å². The SMILES string of the molecule is CCCOc1cc(C)ccc1CNC(=NC)NCc1ccc([N+](=O)[O-])cc1. The molecule has 0 aromatic heterocycles. The standard InChI is InChI=1S/C20H26N4O3/c1-4-11-27-19-12-15(2)5-8-17(19)14-23-20(21-3)22-13-16-6-9-18(10-7-16)24(25)26/h5-10,12H,4,11,13-14H2,1-3H3,(H2,21,22,23). The quantitative estimate of drug-likeness (QED) is 0.321. The maximum atomic E-state index is 10.7. The second-order valence-corrected chi connectivity index (χ2v) is 6.16. The molecule has 0 radical (unpaired) electrons. The zero-order chi connectivity index (χ0) is 19.6. The van der Waals surface area contributed by atoms with Gasteiger partial charge in [-0.1, -0.05) is 31.2 Å². The van der Waals surface area contributed by atoms with Crippen LogP contribution in [0.25, 0.3) is 0 Å². The van der Waals surface area contributed by atoms with E-state index < -0.39 is 4.92 Å². The Morgan fingerprint density at radius 1 is 1.15 bits per heavy atom. The molecule has 0 saturated heterocycles. The molecule has 27 heavy (non-hydrogen) atoms. The van der Waals surface area contributed by atoms with E-state index in [1.165, 1.54) is 12.1 Å². The minimum absolute atomic E-state index is 0.0836. The van der Waals surface area contributed by atoms with Gasteiger partial charge in [0.25, 0.3) is 5.69 Å². The highest BCUT2D eigenvalue weighted by Gasteiger charge is 2.07. The molecule has 2 N–H and O–H groups in total. The van der Waals surface area contributed by atoms with Gasteiger partial charge in [-0.2, -0.15) is 0 Å². The Morgan fingerprint density at radius 2 is 1.85 bits per heavy atom. The van der Waals surface area contributed by atoms with Gasteiger partial charge in [0, 0.05) is 37.8 Å². The van der Waals surface area contributed by atoms with Crippen molar-refractivity contribution in [3.8, 4) is 5.75 Å². The molecule has 2 aromatic carbocycles. The van der Waals surface area contributed by atoms with Crippen LogP contribution in [0.1, 0.15) is 30.0 Å². The van der Waals surface area contributed by atoms with Gasteiger partial charge in [-0.3, -0.25) is 15.1 Å². The number of nitrogens with one attached hydrogen (secondary N) is 2. The van der Waals surface area contributed by atoms with E-state index in [9.17, 15) is 10.1 Å². The van der Waals surface area contributed by atoms with Crippen molar-refractivity contribution >= 4 is 11.6 Å². The summed E-state index contributed by atoms with van der Waals surface area (Å²) in [6, 6.07) is 12.6. The molecule has 2 aromatic rings. The summed E-state index contributed by atoms with van der Waals surface area (Å²) in [7, 11) is 1.70. The number of hydrogen-bond donors (Lipinski definition) is 2. The number of guanidine groups is 1. The fraction of sp³-hybridized carbons (Fsp3) is 0.350. The molecule has 2 rings (SSSR count). The minimum atomic E-state index is -0.405. The van der Waals surface area contributed by atoms with Crippen LogP contribution in [0.2, 0.25) is 0 Å². The first-order valence-corrected chi connectivity index (χ1v) is 8.93. The zero-order valence-corrected chi connectivity index (χ0v) is 16.0. The molecule has 0 bridgehead atoms. The fourth-order valence-electron chi connectivity index (χ4n) is 2.48. The van der Waals surface area contributed by atoms with Gasteiger partial charge in [0.05, 0.1) is 11.5 Å². The summed E-state index contributed by atoms with van der Waals surface area (Å²) in [6.45, 7) is 5.91. The van der Waals surface area contributed by atoms with Crippen molar-refractivity contribution in [1.29, 1.82) is 0 Å². The van der Waals surface area contributed by atoms with Crippen LogP contribution in [-0.2, 0) is 13.1 Å². The monoisotopic (exact) mass is 370 g/mol. The largest absolute Gasteiger partial charge is 0.493 e. The number of nitro benzene ring substituents is 1. The Bertz CT molecular complexity index is 788. The van der Waals surface area contributed by atoms with Gasteiger partial charge in [-0.05, 0) is 30.5 Å². The third-order valence-corrected chi connectivity index (χ3v) is 3.96. The summed E-state index contributed by atoms with van der Waals surface area (Å²) >= 11 is 0. The van der Waals surface area contributed by atoms with Crippen LogP contribution in [-0.4, -0.2) is 24.5 Å². The molecule has 0 unspecified atom stereocenters. The number of aliphatic imine (C=N–C) groups is 1. The number of hydrogen-bond acceptors (Lipinski definition) is 4. The lowest BCUT2D eigenvalue weighted by atomic mass is 10.1. The summed E-state index contributed by atoms with van der Waals surface area (Å²) in [4.78, 5) is 14.5. The second-order valence-electron chi connectivity index (χ2n) is 6.16. The van der Waals surface area contributed by atoms with Crippen LogP contribution in [0, 0.1) is 17.0 Å². The summed E-state index contributed by atoms with van der Waals surface area (Å²) in [5.74, 6) is 1.53. The Balaban J connectivity index is 1.93. The molecular weight excluding hydrogens is 344 g/mol. The number of ether oxygens (including phenoxy) is 1. The lowest BCUT2D eigenvalue weighted by Gasteiger charge is -2.15. The topological polar surface area (TPSA) is 88.8 Å². The summed E-state index contributed by atoms with van der Waals surface area (Å²) in [5.41, 5.74) is 3.24. The maximum absolute atomic E-state index is 10.7. The summed E-state index contributed by atoms with van der Waals surface area (Å²) < 4.78 is 5.84. The van der Waals surface area contributed by atoms with Crippen molar-refractivity contribution in [2.45, 2.75) is 33.4 Å². The van der Waals surface area contributed by atoms with E-state index in [0.717, 1.165) is 28.9 Å². The predicted octanol–water partition coefficient (Wildman–Crippen LogP) is 3.56. The number of non-ortho nitro benzene ring substituents is 1. The number of rotatable bonds is 8. The van der Waals surface area contributed by atoms with Crippen LogP contribution in [0.5, 0.6) is 5.75 Å². The maximum Gasteiger partial charge on any atom is 0.269 e. The molecule has 0 spiro atoms. The van der Waals surface area contributed by atoms with Crippen LogP contribution < -0.4 is 15.4 Å². The van der Waals surface area contributed by atoms with E-state index in [4.69, 9.17) is 4.74 Å². The molecule has 0 saturated carbocycles. The van der Waals surface area contributed by atoms with Gasteiger partial charge in [0.15, 0.2) is 5.96 Å². The number of nitrogens with zero attached hydrogens (tertiary/aromatic N) is 2. The van der Waals surface area contributed by atoms with E-state index in [2.05, 4.69) is 34.7 Å². The van der Waals surface area contributed by atoms with Crippen molar-refractivity contribution in [3.05, 3.63) is 69.3 Å². The van der Waals surface area contributed by atoms with E-state index in [1.807, 2.05) is 13.0 Å². The van der Waals surface area contributed by atoms with Crippen LogP contribution >= 0.6 is 0 Å². The third-order valence-electron chi connectivity index (χ3n) is 3.96. The highest BCUT2D eigenvalue weighted by molar-refractivity contribution is 5.79. The molecule has 0 aliphatic heterocycles. The highest BCUT2D eigenvalue weighted by atomic mass is 16.6. The van der Waals surface area contributed by atoms with Gasteiger partial charge in [-0.15, -0.1) is 0 Å². The number of benzene rings is 2. The van der Waals surface area contributed by atoms with Gasteiger partial charge >= 0.3 is 0 Å². The van der Waals surface area contributed by atoms with Crippen molar-refractivity contribution in [3.63, 3.8) is 0 Å². The van der Waals surface area contributed by atoms with Crippen molar-refractivity contribution < 1.29 is 9.66 Å². The van der Waals surface area contributed by atoms with Crippen LogP contribution in [0.15, 0.2) is 47.5 Å². The Kier molecular flexibility index (Phi) is 7.61. The van der Waals surface area contributed by atoms with E-state index >= 15 is 0 Å². The molecule has 0 aliphatic rings. The highest BCUT2D eigenvalue weighted by Crippen LogP contribution is 2.20. The lowest BCUT2D eigenvalue weighted by Crippen LogP contribution is -2.36. The normalized spacial score (nSPS) is 11.1. The van der Waals surface area contributed by atoms with Crippen molar-refractivity contribution in [1.82, 2.24) is 10.6 Å². The van der Waals surface area contributed by atoms with E-state index in [1.54, 1.807) is 19.2 Å². The molecule has 144 valence electrons.